The zero-order valence-corrected chi connectivity index (χ0v) is 19.1. The molecule has 0 amide bonds. The predicted molar refractivity (Wildman–Crippen MR) is 122 cm³/mol. The molecule has 0 aliphatic heterocycles. The molecule has 1 N–H and O–H groups in total. The van der Waals surface area contributed by atoms with Crippen molar-refractivity contribution in [3.05, 3.63) is 77.1 Å². The minimum atomic E-state index is -3.95. The maximum absolute atomic E-state index is 12.8. The summed E-state index contributed by atoms with van der Waals surface area (Å²) in [5.41, 5.74) is 3.02. The fourth-order valence-electron chi connectivity index (χ4n) is 3.10. The van der Waals surface area contributed by atoms with Gasteiger partial charge in [-0.2, -0.15) is 10.1 Å². The summed E-state index contributed by atoms with van der Waals surface area (Å²) in [5.74, 6) is 0.565. The van der Waals surface area contributed by atoms with E-state index in [1.165, 1.54) is 17.1 Å². The first-order chi connectivity index (χ1) is 15.2. The minimum absolute atomic E-state index is 0.000994. The predicted octanol–water partition coefficient (Wildman–Crippen LogP) is 4.74. The molecule has 0 aliphatic carbocycles. The lowest BCUT2D eigenvalue weighted by Crippen LogP contribution is -2.15. The highest BCUT2D eigenvalue weighted by Crippen LogP contribution is 2.33. The van der Waals surface area contributed by atoms with E-state index in [0.717, 1.165) is 11.1 Å². The highest BCUT2D eigenvalue weighted by molar-refractivity contribution is 7.92. The molecule has 2 aromatic carbocycles. The lowest BCUT2D eigenvalue weighted by molar-refractivity contribution is 0.459. The first-order valence-corrected chi connectivity index (χ1v) is 11.5. The molecule has 4 rings (SSSR count). The van der Waals surface area contributed by atoms with Crippen molar-refractivity contribution < 1.29 is 13.2 Å². The van der Waals surface area contributed by atoms with Crippen molar-refractivity contribution >= 4 is 27.6 Å². The van der Waals surface area contributed by atoms with Gasteiger partial charge < -0.3 is 4.74 Å². The molecule has 0 unspecified atom stereocenters. The van der Waals surface area contributed by atoms with Crippen LogP contribution in [0.1, 0.15) is 11.1 Å². The van der Waals surface area contributed by atoms with Crippen LogP contribution in [0.4, 0.5) is 5.95 Å². The number of aromatic nitrogens is 4. The SMILES string of the molecule is Cc1ccccc1-c1nc(NS(=O)(=O)c2cnn(C)c2)nc(Oc2cccc(Cl)c2)c1C. The Morgan fingerprint density at radius 3 is 2.53 bits per heavy atom. The van der Waals surface area contributed by atoms with Gasteiger partial charge in [0, 0.05) is 29.4 Å². The number of rotatable bonds is 6. The Labute approximate surface area is 190 Å². The number of ether oxygens (including phenoxy) is 1. The van der Waals surface area contributed by atoms with Crippen LogP contribution in [-0.4, -0.2) is 28.2 Å². The van der Waals surface area contributed by atoms with Gasteiger partial charge in [0.25, 0.3) is 10.0 Å². The molecule has 0 atom stereocenters. The van der Waals surface area contributed by atoms with Crippen LogP contribution in [-0.2, 0) is 17.1 Å². The topological polar surface area (TPSA) is 99.0 Å². The van der Waals surface area contributed by atoms with Crippen molar-refractivity contribution in [1.29, 1.82) is 0 Å². The number of halogens is 1. The van der Waals surface area contributed by atoms with Crippen LogP contribution in [0.3, 0.4) is 0 Å². The third-order valence-corrected chi connectivity index (χ3v) is 6.25. The van der Waals surface area contributed by atoms with E-state index < -0.39 is 10.0 Å². The number of nitrogens with one attached hydrogen (secondary N) is 1. The van der Waals surface area contributed by atoms with Crippen LogP contribution in [0.5, 0.6) is 11.6 Å². The van der Waals surface area contributed by atoms with Crippen molar-refractivity contribution in [1.82, 2.24) is 19.7 Å². The van der Waals surface area contributed by atoms with Crippen LogP contribution < -0.4 is 9.46 Å². The fourth-order valence-corrected chi connectivity index (χ4v) is 4.21. The summed E-state index contributed by atoms with van der Waals surface area (Å²) >= 11 is 6.07. The zero-order valence-electron chi connectivity index (χ0n) is 17.6. The molecule has 0 spiro atoms. The van der Waals surface area contributed by atoms with Crippen LogP contribution in [0, 0.1) is 13.8 Å². The van der Waals surface area contributed by atoms with E-state index in [4.69, 9.17) is 16.3 Å². The Balaban J connectivity index is 1.82. The molecule has 4 aromatic rings. The fraction of sp³-hybridized carbons (Fsp3) is 0.136. The Kier molecular flexibility index (Phi) is 5.86. The van der Waals surface area contributed by atoms with Gasteiger partial charge in [-0.05, 0) is 37.6 Å². The maximum atomic E-state index is 12.8. The first-order valence-electron chi connectivity index (χ1n) is 9.62. The Morgan fingerprint density at radius 2 is 1.84 bits per heavy atom. The lowest BCUT2D eigenvalue weighted by atomic mass is 10.0. The highest BCUT2D eigenvalue weighted by Gasteiger charge is 2.21. The quantitative estimate of drug-likeness (QED) is 0.438. The lowest BCUT2D eigenvalue weighted by Gasteiger charge is -2.15. The summed E-state index contributed by atoms with van der Waals surface area (Å²) < 4.78 is 35.5. The van der Waals surface area contributed by atoms with Gasteiger partial charge in [0.15, 0.2) is 0 Å². The highest BCUT2D eigenvalue weighted by atomic mass is 35.5. The van der Waals surface area contributed by atoms with Crippen molar-refractivity contribution in [2.45, 2.75) is 18.7 Å². The van der Waals surface area contributed by atoms with Crippen molar-refractivity contribution in [3.8, 4) is 22.9 Å². The molecule has 8 nitrogen and oxygen atoms in total. The molecule has 0 bridgehead atoms. The third-order valence-electron chi connectivity index (χ3n) is 4.73. The molecule has 2 aromatic heterocycles. The van der Waals surface area contributed by atoms with Crippen LogP contribution >= 0.6 is 11.6 Å². The van der Waals surface area contributed by atoms with E-state index in [0.29, 0.717) is 22.0 Å². The Bertz CT molecular complexity index is 1400. The van der Waals surface area contributed by atoms with Gasteiger partial charge >= 0.3 is 0 Å². The van der Waals surface area contributed by atoms with E-state index in [2.05, 4.69) is 19.8 Å². The van der Waals surface area contributed by atoms with Crippen LogP contribution in [0.25, 0.3) is 11.3 Å². The Hall–Kier alpha value is -3.43. The second-order valence-electron chi connectivity index (χ2n) is 7.16. The first kappa shape index (κ1) is 21.8. The van der Waals surface area contributed by atoms with Crippen LogP contribution in [0.2, 0.25) is 5.02 Å². The monoisotopic (exact) mass is 469 g/mol. The van der Waals surface area contributed by atoms with Crippen molar-refractivity contribution in [3.63, 3.8) is 0 Å². The molecule has 0 radical (unpaired) electrons. The number of benzene rings is 2. The van der Waals surface area contributed by atoms with Gasteiger partial charge in [-0.25, -0.2) is 18.1 Å². The molecule has 0 saturated carbocycles. The smallest absolute Gasteiger partial charge is 0.267 e. The number of sulfonamides is 1. The average Bonchev–Trinajstić information content (AvgIpc) is 3.18. The number of hydrogen-bond acceptors (Lipinski definition) is 6. The van der Waals surface area contributed by atoms with Crippen molar-refractivity contribution in [2.24, 2.45) is 7.05 Å². The molecule has 0 saturated heterocycles. The van der Waals surface area contributed by atoms with Gasteiger partial charge in [0.05, 0.1) is 11.9 Å². The standard InChI is InChI=1S/C22H20ClN5O3S/c1-14-7-4-5-10-19(14)20-15(2)21(31-17-9-6-8-16(23)11-17)26-22(25-20)27-32(29,30)18-12-24-28(3)13-18/h4-13H,1-3H3,(H,25,26,27). The second kappa shape index (κ2) is 8.60. The molecule has 10 heteroatoms. The normalized spacial score (nSPS) is 11.4. The number of aryl methyl sites for hydroxylation is 2. The van der Waals surface area contributed by atoms with Gasteiger partial charge in [-0.15, -0.1) is 0 Å². The largest absolute Gasteiger partial charge is 0.438 e. The van der Waals surface area contributed by atoms with Gasteiger partial charge in [-0.1, -0.05) is 41.9 Å². The summed E-state index contributed by atoms with van der Waals surface area (Å²) in [6, 6.07) is 14.5. The summed E-state index contributed by atoms with van der Waals surface area (Å²) in [5, 5.41) is 4.42. The Morgan fingerprint density at radius 1 is 1.06 bits per heavy atom. The molecule has 0 aliphatic rings. The molecular formula is C22H20ClN5O3S. The molecule has 32 heavy (non-hydrogen) atoms. The molecule has 164 valence electrons. The minimum Gasteiger partial charge on any atom is -0.438 e. The van der Waals surface area contributed by atoms with Crippen molar-refractivity contribution in [2.75, 3.05) is 4.72 Å². The average molecular weight is 470 g/mol. The second-order valence-corrected chi connectivity index (χ2v) is 9.27. The van der Waals surface area contributed by atoms with E-state index >= 15 is 0 Å². The van der Waals surface area contributed by atoms with E-state index in [-0.39, 0.29) is 16.7 Å². The summed E-state index contributed by atoms with van der Waals surface area (Å²) in [4.78, 5) is 8.84. The summed E-state index contributed by atoms with van der Waals surface area (Å²) in [6.07, 6.45) is 2.64. The molecular weight excluding hydrogens is 450 g/mol. The van der Waals surface area contributed by atoms with Crippen LogP contribution in [0.15, 0.2) is 65.8 Å². The number of anilines is 1. The van der Waals surface area contributed by atoms with Gasteiger partial charge in [-0.3, -0.25) is 4.68 Å². The van der Waals surface area contributed by atoms with Gasteiger partial charge in [0.2, 0.25) is 11.8 Å². The number of nitrogens with zero attached hydrogens (tertiary/aromatic N) is 4. The zero-order chi connectivity index (χ0) is 22.9. The van der Waals surface area contributed by atoms with Gasteiger partial charge in [0.1, 0.15) is 10.6 Å². The molecule has 0 fully saturated rings. The summed E-state index contributed by atoms with van der Waals surface area (Å²) in [6.45, 7) is 3.77. The van der Waals surface area contributed by atoms with E-state index in [9.17, 15) is 8.42 Å². The third kappa shape index (κ3) is 4.58. The molecule has 2 heterocycles. The van der Waals surface area contributed by atoms with E-state index in [1.807, 2.05) is 38.1 Å². The maximum Gasteiger partial charge on any atom is 0.267 e. The van der Waals surface area contributed by atoms with E-state index in [1.54, 1.807) is 31.3 Å². The summed E-state index contributed by atoms with van der Waals surface area (Å²) in [7, 11) is -2.31. The number of hydrogen-bond donors (Lipinski definition) is 1.